The van der Waals surface area contributed by atoms with E-state index in [1.807, 2.05) is 44.4 Å². The summed E-state index contributed by atoms with van der Waals surface area (Å²) in [6, 6.07) is 13.0. The summed E-state index contributed by atoms with van der Waals surface area (Å²) in [6.45, 7) is 5.80. The van der Waals surface area contributed by atoms with Crippen molar-refractivity contribution in [3.8, 4) is 16.3 Å². The van der Waals surface area contributed by atoms with Gasteiger partial charge in [-0.3, -0.25) is 4.79 Å². The number of nitrogens with zero attached hydrogens (tertiary/aromatic N) is 1. The number of carbonyl (C=O) groups is 1. The van der Waals surface area contributed by atoms with Gasteiger partial charge in [-0.15, -0.1) is 11.3 Å². The van der Waals surface area contributed by atoms with Gasteiger partial charge in [0.05, 0.1) is 17.7 Å². The van der Waals surface area contributed by atoms with Crippen molar-refractivity contribution in [1.82, 2.24) is 10.3 Å². The number of anilines is 1. The Hall–Kier alpha value is -2.86. The van der Waals surface area contributed by atoms with Crippen LogP contribution in [0.4, 0.5) is 5.69 Å². The maximum atomic E-state index is 12.8. The number of hydrogen-bond acceptors (Lipinski definition) is 5. The molecule has 1 atom stereocenters. The largest absolute Gasteiger partial charge is 0.490 e. The molecule has 140 valence electrons. The lowest BCUT2D eigenvalue weighted by molar-refractivity contribution is 0.0934. The second-order valence-electron chi connectivity index (χ2n) is 6.58. The van der Waals surface area contributed by atoms with Gasteiger partial charge in [0.1, 0.15) is 10.8 Å². The number of benzene rings is 2. The normalized spacial score (nSPS) is 12.0. The number of nitrogens with two attached hydrogens (primary N) is 1. The number of rotatable bonds is 6. The third-order valence-corrected chi connectivity index (χ3v) is 4.85. The zero-order valence-electron chi connectivity index (χ0n) is 15.6. The van der Waals surface area contributed by atoms with Gasteiger partial charge < -0.3 is 15.8 Å². The van der Waals surface area contributed by atoms with Crippen LogP contribution in [0.5, 0.6) is 5.75 Å². The molecule has 1 aromatic heterocycles. The fourth-order valence-electron chi connectivity index (χ4n) is 2.75. The maximum Gasteiger partial charge on any atom is 0.255 e. The predicted octanol–water partition coefficient (Wildman–Crippen LogP) is 4.67. The lowest BCUT2D eigenvalue weighted by Crippen LogP contribution is -2.27. The summed E-state index contributed by atoms with van der Waals surface area (Å²) in [7, 11) is 0. The molecule has 1 heterocycles. The molecular weight excluding hydrogens is 358 g/mol. The van der Waals surface area contributed by atoms with Crippen molar-refractivity contribution in [3.05, 3.63) is 65.2 Å². The van der Waals surface area contributed by atoms with E-state index in [0.717, 1.165) is 16.1 Å². The summed E-state index contributed by atoms with van der Waals surface area (Å²) in [5.41, 5.74) is 8.87. The van der Waals surface area contributed by atoms with Crippen molar-refractivity contribution < 1.29 is 9.53 Å². The molecule has 0 fully saturated rings. The van der Waals surface area contributed by atoms with Crippen LogP contribution in [0.1, 0.15) is 42.7 Å². The minimum Gasteiger partial charge on any atom is -0.490 e. The van der Waals surface area contributed by atoms with E-state index in [-0.39, 0.29) is 18.1 Å². The van der Waals surface area contributed by atoms with Gasteiger partial charge >= 0.3 is 0 Å². The minimum absolute atomic E-state index is 0.0347. The molecule has 0 radical (unpaired) electrons. The lowest BCUT2D eigenvalue weighted by atomic mass is 10.0. The topological polar surface area (TPSA) is 77.2 Å². The summed E-state index contributed by atoms with van der Waals surface area (Å²) in [4.78, 5) is 17.2. The van der Waals surface area contributed by atoms with Crippen LogP contribution in [0, 0.1) is 0 Å². The van der Waals surface area contributed by atoms with Crippen LogP contribution in [-0.2, 0) is 0 Å². The van der Waals surface area contributed by atoms with E-state index in [1.54, 1.807) is 35.7 Å². The fraction of sp³-hybridized carbons (Fsp3) is 0.238. The molecular formula is C21H23N3O2S. The van der Waals surface area contributed by atoms with Gasteiger partial charge in [-0.25, -0.2) is 4.98 Å². The second kappa shape index (κ2) is 8.22. The maximum absolute atomic E-state index is 12.8. The average Bonchev–Trinajstić information content (AvgIpc) is 3.17. The van der Waals surface area contributed by atoms with Crippen molar-refractivity contribution in [3.63, 3.8) is 0 Å². The van der Waals surface area contributed by atoms with E-state index < -0.39 is 0 Å². The molecule has 5 nitrogen and oxygen atoms in total. The summed E-state index contributed by atoms with van der Waals surface area (Å²) in [5, 5.41) is 5.94. The van der Waals surface area contributed by atoms with Crippen LogP contribution in [-0.4, -0.2) is 17.0 Å². The first-order valence-corrected chi connectivity index (χ1v) is 9.69. The number of ether oxygens (including phenoxy) is 1. The van der Waals surface area contributed by atoms with Gasteiger partial charge in [-0.05, 0) is 50.6 Å². The van der Waals surface area contributed by atoms with Crippen LogP contribution in [0.25, 0.3) is 10.6 Å². The molecule has 0 aliphatic carbocycles. The van der Waals surface area contributed by atoms with E-state index in [1.165, 1.54) is 0 Å². The molecule has 0 bridgehead atoms. The average molecular weight is 382 g/mol. The third kappa shape index (κ3) is 4.65. The molecule has 3 aromatic rings. The monoisotopic (exact) mass is 381 g/mol. The molecule has 2 aromatic carbocycles. The highest BCUT2D eigenvalue weighted by Crippen LogP contribution is 2.26. The van der Waals surface area contributed by atoms with Crippen molar-refractivity contribution in [2.24, 2.45) is 0 Å². The van der Waals surface area contributed by atoms with Gasteiger partial charge in [0.25, 0.3) is 5.91 Å². The van der Waals surface area contributed by atoms with Crippen LogP contribution < -0.4 is 15.8 Å². The zero-order valence-corrected chi connectivity index (χ0v) is 16.4. The molecule has 0 aliphatic rings. The Labute approximate surface area is 163 Å². The van der Waals surface area contributed by atoms with Gasteiger partial charge in [-0.2, -0.15) is 0 Å². The second-order valence-corrected chi connectivity index (χ2v) is 7.47. The van der Waals surface area contributed by atoms with Crippen molar-refractivity contribution in [2.45, 2.75) is 32.9 Å². The van der Waals surface area contributed by atoms with Gasteiger partial charge in [0.2, 0.25) is 0 Å². The van der Waals surface area contributed by atoms with Crippen LogP contribution >= 0.6 is 11.3 Å². The van der Waals surface area contributed by atoms with Crippen molar-refractivity contribution in [2.75, 3.05) is 5.73 Å². The van der Waals surface area contributed by atoms with E-state index >= 15 is 0 Å². The van der Waals surface area contributed by atoms with Crippen molar-refractivity contribution >= 4 is 22.9 Å². The predicted molar refractivity (Wildman–Crippen MR) is 110 cm³/mol. The van der Waals surface area contributed by atoms with Gasteiger partial charge in [0.15, 0.2) is 0 Å². The molecule has 3 N–H and O–H groups in total. The summed E-state index contributed by atoms with van der Waals surface area (Å²) in [6.07, 6.45) is 1.75. The third-order valence-electron chi connectivity index (χ3n) is 4.02. The van der Waals surface area contributed by atoms with E-state index in [9.17, 15) is 4.79 Å². The minimum atomic E-state index is -0.217. The van der Waals surface area contributed by atoms with Crippen LogP contribution in [0.15, 0.2) is 54.0 Å². The Kier molecular flexibility index (Phi) is 5.76. The lowest BCUT2D eigenvalue weighted by Gasteiger charge is -2.18. The van der Waals surface area contributed by atoms with Gasteiger partial charge in [-0.1, -0.05) is 18.2 Å². The van der Waals surface area contributed by atoms with E-state index in [2.05, 4.69) is 16.4 Å². The molecule has 6 heteroatoms. The molecule has 1 amide bonds. The Morgan fingerprint density at radius 1 is 1.19 bits per heavy atom. The number of amides is 1. The Morgan fingerprint density at radius 3 is 2.70 bits per heavy atom. The van der Waals surface area contributed by atoms with E-state index in [4.69, 9.17) is 10.5 Å². The SMILES string of the molecule is CC(C)Oc1ccc(N)cc1C(=O)NC(C)c1cccc(-c2nccs2)c1. The highest BCUT2D eigenvalue weighted by atomic mass is 32.1. The number of carbonyl (C=O) groups excluding carboxylic acids is 1. The Morgan fingerprint density at radius 2 is 2.00 bits per heavy atom. The molecule has 1 unspecified atom stereocenters. The number of thiazole rings is 1. The summed E-state index contributed by atoms with van der Waals surface area (Å²) < 4.78 is 5.75. The quantitative estimate of drug-likeness (QED) is 0.608. The van der Waals surface area contributed by atoms with E-state index in [0.29, 0.717) is 17.0 Å². The standard InChI is InChI=1S/C21H23N3O2S/c1-13(2)26-19-8-7-17(22)12-18(19)20(25)24-14(3)15-5-4-6-16(11-15)21-23-9-10-27-21/h4-14H,22H2,1-3H3,(H,24,25). The molecule has 0 aliphatic heterocycles. The first-order valence-electron chi connectivity index (χ1n) is 8.81. The van der Waals surface area contributed by atoms with Crippen LogP contribution in [0.2, 0.25) is 0 Å². The molecule has 27 heavy (non-hydrogen) atoms. The Bertz CT molecular complexity index is 923. The number of hydrogen-bond donors (Lipinski definition) is 2. The highest BCUT2D eigenvalue weighted by molar-refractivity contribution is 7.13. The zero-order chi connectivity index (χ0) is 19.4. The molecule has 3 rings (SSSR count). The number of nitrogens with one attached hydrogen (secondary N) is 1. The first-order chi connectivity index (χ1) is 12.9. The smallest absolute Gasteiger partial charge is 0.255 e. The first kappa shape index (κ1) is 18.9. The summed E-state index contributed by atoms with van der Waals surface area (Å²) >= 11 is 1.59. The van der Waals surface area contributed by atoms with Crippen LogP contribution in [0.3, 0.4) is 0 Å². The van der Waals surface area contributed by atoms with Gasteiger partial charge in [0, 0.05) is 22.8 Å². The molecule has 0 saturated heterocycles. The summed E-state index contributed by atoms with van der Waals surface area (Å²) in [5.74, 6) is 0.311. The highest BCUT2D eigenvalue weighted by Gasteiger charge is 2.17. The number of aromatic nitrogens is 1. The number of nitrogen functional groups attached to an aromatic ring is 1. The van der Waals surface area contributed by atoms with Crippen molar-refractivity contribution in [1.29, 1.82) is 0 Å². The molecule has 0 spiro atoms. The Balaban J connectivity index is 1.80. The fourth-order valence-corrected chi connectivity index (χ4v) is 3.38. The molecule has 0 saturated carbocycles.